The van der Waals surface area contributed by atoms with E-state index in [4.69, 9.17) is 0 Å². The van der Waals surface area contributed by atoms with Gasteiger partial charge in [0.1, 0.15) is 0 Å². The van der Waals surface area contributed by atoms with E-state index in [-0.39, 0.29) is 0 Å². The van der Waals surface area contributed by atoms with E-state index in [1.54, 1.807) is 0 Å². The van der Waals surface area contributed by atoms with Crippen molar-refractivity contribution in [1.29, 1.82) is 0 Å². The van der Waals surface area contributed by atoms with Gasteiger partial charge in [0.15, 0.2) is 0 Å². The van der Waals surface area contributed by atoms with Crippen molar-refractivity contribution in [3.05, 3.63) is 237 Å². The molecule has 0 amide bonds. The van der Waals surface area contributed by atoms with Crippen LogP contribution in [-0.4, -0.2) is 0 Å². The average molecular weight is 702 g/mol. The van der Waals surface area contributed by atoms with Crippen LogP contribution in [0.2, 0.25) is 0 Å². The molecular formula is C54H39N. The molecule has 1 nitrogen and oxygen atoms in total. The summed E-state index contributed by atoms with van der Waals surface area (Å²) in [6.45, 7) is 0. The van der Waals surface area contributed by atoms with Gasteiger partial charge in [-0.05, 0) is 104 Å². The first-order valence-corrected chi connectivity index (χ1v) is 18.8. The fraction of sp³-hybridized carbons (Fsp3) is 0. The molecule has 55 heavy (non-hydrogen) atoms. The molecule has 0 saturated carbocycles. The van der Waals surface area contributed by atoms with Crippen molar-refractivity contribution in [3.63, 3.8) is 0 Å². The highest BCUT2D eigenvalue weighted by molar-refractivity contribution is 5.93. The zero-order valence-corrected chi connectivity index (χ0v) is 30.5. The molecule has 0 radical (unpaired) electrons. The van der Waals surface area contributed by atoms with Crippen LogP contribution in [0.1, 0.15) is 0 Å². The smallest absolute Gasteiger partial charge is 0.0540 e. The van der Waals surface area contributed by atoms with Crippen LogP contribution in [0, 0.1) is 0 Å². The Morgan fingerprint density at radius 3 is 1.16 bits per heavy atom. The molecule has 0 fully saturated rings. The molecule has 0 aliphatic carbocycles. The fourth-order valence-corrected chi connectivity index (χ4v) is 7.53. The zero-order valence-electron chi connectivity index (χ0n) is 30.5. The first kappa shape index (κ1) is 33.6. The molecule has 1 heteroatoms. The van der Waals surface area contributed by atoms with Crippen LogP contribution in [0.4, 0.5) is 17.1 Å². The van der Waals surface area contributed by atoms with Gasteiger partial charge in [-0.3, -0.25) is 0 Å². The van der Waals surface area contributed by atoms with Crippen molar-refractivity contribution in [2.24, 2.45) is 0 Å². The van der Waals surface area contributed by atoms with Gasteiger partial charge in [0, 0.05) is 16.9 Å². The molecule has 0 heterocycles. The quantitative estimate of drug-likeness (QED) is 0.145. The summed E-state index contributed by atoms with van der Waals surface area (Å²) in [5, 5.41) is 0. The summed E-state index contributed by atoms with van der Waals surface area (Å²) in [6, 6.07) is 85.0. The summed E-state index contributed by atoms with van der Waals surface area (Å²) >= 11 is 0. The largest absolute Gasteiger partial charge is 0.310 e. The van der Waals surface area contributed by atoms with Crippen LogP contribution in [-0.2, 0) is 0 Å². The molecule has 0 aliphatic heterocycles. The van der Waals surface area contributed by atoms with E-state index in [0.29, 0.717) is 0 Å². The minimum Gasteiger partial charge on any atom is -0.310 e. The Labute approximate surface area is 324 Å². The second-order valence-corrected chi connectivity index (χ2v) is 13.8. The highest BCUT2D eigenvalue weighted by Crippen LogP contribution is 2.44. The lowest BCUT2D eigenvalue weighted by atomic mass is 9.91. The molecule has 0 atom stereocenters. The minimum absolute atomic E-state index is 1.09. The van der Waals surface area contributed by atoms with Crippen LogP contribution in [0.5, 0.6) is 0 Å². The van der Waals surface area contributed by atoms with E-state index < -0.39 is 0 Å². The Hall–Kier alpha value is -7.22. The van der Waals surface area contributed by atoms with Crippen LogP contribution < -0.4 is 4.90 Å². The van der Waals surface area contributed by atoms with Crippen LogP contribution in [0.3, 0.4) is 0 Å². The standard InChI is InChI=1S/C54H39N/c1-6-17-40(18-7-1)42-29-33-49(34-30-42)55(54-36-32-47(41-19-8-2-9-20-41)39-53(54)45-25-14-5-15-26-45)50-28-16-27-46(37-50)48-31-35-51(43-21-10-3-11-22-43)52(38-48)44-23-12-4-13-24-44/h1-39H. The van der Waals surface area contributed by atoms with Gasteiger partial charge in [-0.25, -0.2) is 0 Å². The van der Waals surface area contributed by atoms with E-state index in [1.165, 1.54) is 55.6 Å². The fourth-order valence-electron chi connectivity index (χ4n) is 7.53. The monoisotopic (exact) mass is 701 g/mol. The molecule has 0 N–H and O–H groups in total. The third-order valence-corrected chi connectivity index (χ3v) is 10.3. The van der Waals surface area contributed by atoms with Crippen molar-refractivity contribution < 1.29 is 0 Å². The molecule has 260 valence electrons. The van der Waals surface area contributed by atoms with Gasteiger partial charge in [-0.1, -0.05) is 194 Å². The van der Waals surface area contributed by atoms with Gasteiger partial charge in [0.05, 0.1) is 5.69 Å². The van der Waals surface area contributed by atoms with Gasteiger partial charge in [-0.2, -0.15) is 0 Å². The SMILES string of the molecule is c1ccc(-c2ccc(N(c3cccc(-c4ccc(-c5ccccc5)c(-c5ccccc5)c4)c3)c3ccc(-c4ccccc4)cc3-c3ccccc3)cc2)cc1. The highest BCUT2D eigenvalue weighted by Gasteiger charge is 2.20. The Kier molecular flexibility index (Phi) is 9.41. The Balaban J connectivity index is 1.21. The van der Waals surface area contributed by atoms with Crippen molar-refractivity contribution in [3.8, 4) is 66.8 Å². The summed E-state index contributed by atoms with van der Waals surface area (Å²) in [7, 11) is 0. The number of benzene rings is 9. The molecule has 9 rings (SSSR count). The van der Waals surface area contributed by atoms with Gasteiger partial charge in [0.25, 0.3) is 0 Å². The Morgan fingerprint density at radius 2 is 0.582 bits per heavy atom. The van der Waals surface area contributed by atoms with Crippen LogP contribution in [0.25, 0.3) is 66.8 Å². The molecule has 0 aliphatic rings. The second kappa shape index (κ2) is 15.4. The highest BCUT2D eigenvalue weighted by atomic mass is 15.1. The maximum atomic E-state index is 2.41. The summed E-state index contributed by atoms with van der Waals surface area (Å²) in [6.07, 6.45) is 0. The second-order valence-electron chi connectivity index (χ2n) is 13.8. The van der Waals surface area contributed by atoms with Crippen molar-refractivity contribution in [2.45, 2.75) is 0 Å². The summed E-state index contributed by atoms with van der Waals surface area (Å²) < 4.78 is 0. The van der Waals surface area contributed by atoms with Crippen LogP contribution in [0.15, 0.2) is 237 Å². The van der Waals surface area contributed by atoms with Gasteiger partial charge < -0.3 is 4.90 Å². The van der Waals surface area contributed by atoms with E-state index in [2.05, 4.69) is 241 Å². The third-order valence-electron chi connectivity index (χ3n) is 10.3. The zero-order chi connectivity index (χ0) is 36.8. The third kappa shape index (κ3) is 7.12. The molecule has 0 saturated heterocycles. The molecular weight excluding hydrogens is 663 g/mol. The maximum absolute atomic E-state index is 2.41. The van der Waals surface area contributed by atoms with Crippen molar-refractivity contribution in [1.82, 2.24) is 0 Å². The molecule has 0 aromatic heterocycles. The lowest BCUT2D eigenvalue weighted by molar-refractivity contribution is 1.28. The lowest BCUT2D eigenvalue weighted by Crippen LogP contribution is -2.11. The van der Waals surface area contributed by atoms with Crippen molar-refractivity contribution >= 4 is 17.1 Å². The number of rotatable bonds is 9. The van der Waals surface area contributed by atoms with E-state index in [1.807, 2.05) is 0 Å². The van der Waals surface area contributed by atoms with E-state index in [9.17, 15) is 0 Å². The summed E-state index contributed by atoms with van der Waals surface area (Å²) in [5.41, 5.74) is 17.6. The molecule has 0 bridgehead atoms. The first-order valence-electron chi connectivity index (χ1n) is 18.8. The van der Waals surface area contributed by atoms with Crippen molar-refractivity contribution in [2.75, 3.05) is 4.90 Å². The topological polar surface area (TPSA) is 3.24 Å². The summed E-state index contributed by atoms with van der Waals surface area (Å²) in [5.74, 6) is 0. The number of hydrogen-bond acceptors (Lipinski definition) is 1. The first-order chi connectivity index (χ1) is 27.3. The average Bonchev–Trinajstić information content (AvgIpc) is 3.28. The Morgan fingerprint density at radius 1 is 0.200 bits per heavy atom. The molecule has 0 unspecified atom stereocenters. The molecule has 0 spiro atoms. The van der Waals surface area contributed by atoms with Crippen LogP contribution >= 0.6 is 0 Å². The normalized spacial score (nSPS) is 10.9. The van der Waals surface area contributed by atoms with Gasteiger partial charge in [-0.15, -0.1) is 0 Å². The van der Waals surface area contributed by atoms with E-state index in [0.717, 1.165) is 28.2 Å². The molecule has 9 aromatic carbocycles. The number of anilines is 3. The lowest BCUT2D eigenvalue weighted by Gasteiger charge is -2.29. The predicted octanol–water partition coefficient (Wildman–Crippen LogP) is 15.2. The molecule has 9 aromatic rings. The number of nitrogens with zero attached hydrogens (tertiary/aromatic N) is 1. The predicted molar refractivity (Wildman–Crippen MR) is 234 cm³/mol. The maximum Gasteiger partial charge on any atom is 0.0540 e. The van der Waals surface area contributed by atoms with Gasteiger partial charge >= 0.3 is 0 Å². The minimum atomic E-state index is 1.09. The summed E-state index contributed by atoms with van der Waals surface area (Å²) in [4.78, 5) is 2.41. The number of hydrogen-bond donors (Lipinski definition) is 0. The van der Waals surface area contributed by atoms with Gasteiger partial charge in [0.2, 0.25) is 0 Å². The Bertz CT molecular complexity index is 2650. The van der Waals surface area contributed by atoms with E-state index >= 15 is 0 Å².